The zero-order valence-corrected chi connectivity index (χ0v) is 14.5. The lowest BCUT2D eigenvalue weighted by Gasteiger charge is -2.06. The van der Waals surface area contributed by atoms with E-state index in [0.29, 0.717) is 6.54 Å². The highest BCUT2D eigenvalue weighted by molar-refractivity contribution is 7.17. The highest BCUT2D eigenvalue weighted by Crippen LogP contribution is 2.34. The quantitative estimate of drug-likeness (QED) is 0.590. The molecule has 4 aromatic rings. The van der Waals surface area contributed by atoms with Crippen LogP contribution in [-0.2, 0) is 6.42 Å². The lowest BCUT2D eigenvalue weighted by atomic mass is 10.1. The maximum atomic E-state index is 5.88. The molecule has 3 aromatic heterocycles. The molecule has 0 spiro atoms. The summed E-state index contributed by atoms with van der Waals surface area (Å²) in [6, 6.07) is 12.8. The van der Waals surface area contributed by atoms with Crippen molar-refractivity contribution in [3.63, 3.8) is 0 Å². The number of rotatable bonds is 4. The molecule has 2 N–H and O–H groups in total. The summed E-state index contributed by atoms with van der Waals surface area (Å²) in [5, 5.41) is 4.30. The van der Waals surface area contributed by atoms with Crippen molar-refractivity contribution in [3.05, 3.63) is 58.4 Å². The highest BCUT2D eigenvalue weighted by atomic mass is 32.1. The Balaban J connectivity index is 1.95. The van der Waals surface area contributed by atoms with Crippen LogP contribution in [0.2, 0.25) is 0 Å². The standard InChI is InChI=1S/C18H17N3S2/c1-12-4-6-13(7-5-12)17-14(8-9-19)21-15(11-23-18(21)20-17)16-3-2-10-22-16/h2-7,10-11H,8-9,19H2,1H3. The van der Waals surface area contributed by atoms with Crippen molar-refractivity contribution >= 4 is 27.6 Å². The molecule has 0 aliphatic rings. The first-order valence-electron chi connectivity index (χ1n) is 7.57. The second-order valence-corrected chi connectivity index (χ2v) is 7.31. The molecule has 5 heteroatoms. The molecule has 1 aromatic carbocycles. The molecule has 0 fully saturated rings. The van der Waals surface area contributed by atoms with Gasteiger partial charge in [0.1, 0.15) is 0 Å². The summed E-state index contributed by atoms with van der Waals surface area (Å²) in [7, 11) is 0. The second-order valence-electron chi connectivity index (χ2n) is 5.53. The van der Waals surface area contributed by atoms with Gasteiger partial charge in [-0.05, 0) is 24.9 Å². The van der Waals surface area contributed by atoms with Crippen LogP contribution in [0.15, 0.2) is 47.2 Å². The number of aryl methyl sites for hydroxylation is 1. The summed E-state index contributed by atoms with van der Waals surface area (Å²) >= 11 is 3.44. The summed E-state index contributed by atoms with van der Waals surface area (Å²) < 4.78 is 2.28. The number of hydrogen-bond acceptors (Lipinski definition) is 4. The normalized spacial score (nSPS) is 11.4. The topological polar surface area (TPSA) is 43.3 Å². The number of nitrogens with zero attached hydrogens (tertiary/aromatic N) is 2. The van der Waals surface area contributed by atoms with Crippen LogP contribution < -0.4 is 5.73 Å². The van der Waals surface area contributed by atoms with Crippen LogP contribution in [0, 0.1) is 6.92 Å². The van der Waals surface area contributed by atoms with E-state index in [2.05, 4.69) is 58.5 Å². The van der Waals surface area contributed by atoms with E-state index in [1.54, 1.807) is 22.7 Å². The van der Waals surface area contributed by atoms with Gasteiger partial charge in [-0.2, -0.15) is 0 Å². The van der Waals surface area contributed by atoms with E-state index in [4.69, 9.17) is 10.7 Å². The number of hydrogen-bond donors (Lipinski definition) is 1. The lowest BCUT2D eigenvalue weighted by Crippen LogP contribution is -2.06. The van der Waals surface area contributed by atoms with Crippen LogP contribution in [-0.4, -0.2) is 15.9 Å². The Morgan fingerprint density at radius 1 is 1.13 bits per heavy atom. The fourth-order valence-electron chi connectivity index (χ4n) is 2.82. The van der Waals surface area contributed by atoms with Crippen LogP contribution in [0.4, 0.5) is 0 Å². The zero-order chi connectivity index (χ0) is 15.8. The summed E-state index contributed by atoms with van der Waals surface area (Å²) in [6.07, 6.45) is 0.819. The molecule has 0 aliphatic heterocycles. The molecule has 0 bridgehead atoms. The van der Waals surface area contributed by atoms with Crippen molar-refractivity contribution in [2.75, 3.05) is 6.54 Å². The minimum absolute atomic E-state index is 0.617. The molecule has 3 heterocycles. The smallest absolute Gasteiger partial charge is 0.194 e. The number of benzene rings is 1. The van der Waals surface area contributed by atoms with E-state index >= 15 is 0 Å². The number of fused-ring (bicyclic) bond motifs is 1. The van der Waals surface area contributed by atoms with Gasteiger partial charge >= 0.3 is 0 Å². The largest absolute Gasteiger partial charge is 0.330 e. The van der Waals surface area contributed by atoms with Gasteiger partial charge < -0.3 is 5.73 Å². The maximum Gasteiger partial charge on any atom is 0.194 e. The molecule has 0 aliphatic carbocycles. The molecule has 0 saturated heterocycles. The molecule has 4 rings (SSSR count). The van der Waals surface area contributed by atoms with Crippen molar-refractivity contribution in [1.29, 1.82) is 0 Å². The number of thiazole rings is 1. The Hall–Kier alpha value is -1.95. The third-order valence-corrected chi connectivity index (χ3v) is 5.66. The molecule has 0 saturated carbocycles. The third kappa shape index (κ3) is 2.51. The summed E-state index contributed by atoms with van der Waals surface area (Å²) in [4.78, 5) is 7.19. The summed E-state index contributed by atoms with van der Waals surface area (Å²) in [6.45, 7) is 2.72. The number of imidazole rings is 1. The summed E-state index contributed by atoms with van der Waals surface area (Å²) in [5.74, 6) is 0. The molecule has 0 atom stereocenters. The summed E-state index contributed by atoms with van der Waals surface area (Å²) in [5.41, 5.74) is 11.8. The van der Waals surface area contributed by atoms with Gasteiger partial charge in [-0.1, -0.05) is 35.9 Å². The Kier molecular flexibility index (Phi) is 3.77. The minimum Gasteiger partial charge on any atom is -0.330 e. The predicted octanol–water partition coefficient (Wildman–Crippen LogP) is 4.60. The number of thiophene rings is 1. The van der Waals surface area contributed by atoms with Crippen LogP contribution >= 0.6 is 22.7 Å². The van der Waals surface area contributed by atoms with E-state index in [9.17, 15) is 0 Å². The minimum atomic E-state index is 0.617. The monoisotopic (exact) mass is 339 g/mol. The van der Waals surface area contributed by atoms with Gasteiger partial charge in [-0.3, -0.25) is 4.40 Å². The zero-order valence-electron chi connectivity index (χ0n) is 12.8. The van der Waals surface area contributed by atoms with Crippen LogP contribution in [0.5, 0.6) is 0 Å². The van der Waals surface area contributed by atoms with Crippen molar-refractivity contribution in [2.45, 2.75) is 13.3 Å². The molecule has 3 nitrogen and oxygen atoms in total. The van der Waals surface area contributed by atoms with E-state index in [1.165, 1.54) is 21.8 Å². The van der Waals surface area contributed by atoms with Gasteiger partial charge in [0.2, 0.25) is 0 Å². The van der Waals surface area contributed by atoms with Gasteiger partial charge in [0.25, 0.3) is 0 Å². The fourth-order valence-corrected chi connectivity index (χ4v) is 4.54. The van der Waals surface area contributed by atoms with Crippen molar-refractivity contribution in [1.82, 2.24) is 9.38 Å². The van der Waals surface area contributed by atoms with Gasteiger partial charge in [0, 0.05) is 17.4 Å². The molecular formula is C18H17N3S2. The fraction of sp³-hybridized carbons (Fsp3) is 0.167. The maximum absolute atomic E-state index is 5.88. The number of nitrogens with two attached hydrogens (primary N) is 1. The first-order chi connectivity index (χ1) is 11.3. The van der Waals surface area contributed by atoms with Crippen molar-refractivity contribution < 1.29 is 0 Å². The van der Waals surface area contributed by atoms with E-state index < -0.39 is 0 Å². The van der Waals surface area contributed by atoms with Gasteiger partial charge in [0.15, 0.2) is 4.96 Å². The number of aromatic nitrogens is 2. The Labute approximate surface area is 143 Å². The van der Waals surface area contributed by atoms with Gasteiger partial charge in [-0.15, -0.1) is 22.7 Å². The van der Waals surface area contributed by atoms with Crippen LogP contribution in [0.25, 0.3) is 26.8 Å². The molecule has 23 heavy (non-hydrogen) atoms. The molecule has 0 amide bonds. The SMILES string of the molecule is Cc1ccc(-c2nc3scc(-c4cccs4)n3c2CCN)cc1. The molecule has 0 unspecified atom stereocenters. The first kappa shape index (κ1) is 14.6. The van der Waals surface area contributed by atoms with Crippen LogP contribution in [0.3, 0.4) is 0 Å². The first-order valence-corrected chi connectivity index (χ1v) is 9.33. The second kappa shape index (κ2) is 5.92. The van der Waals surface area contributed by atoms with Gasteiger partial charge in [0.05, 0.1) is 22.0 Å². The highest BCUT2D eigenvalue weighted by Gasteiger charge is 2.18. The van der Waals surface area contributed by atoms with Crippen molar-refractivity contribution in [2.24, 2.45) is 5.73 Å². The molecular weight excluding hydrogens is 322 g/mol. The molecule has 0 radical (unpaired) electrons. The Morgan fingerprint density at radius 3 is 2.65 bits per heavy atom. The van der Waals surface area contributed by atoms with Crippen LogP contribution in [0.1, 0.15) is 11.3 Å². The van der Waals surface area contributed by atoms with Gasteiger partial charge in [-0.25, -0.2) is 4.98 Å². The predicted molar refractivity (Wildman–Crippen MR) is 99.3 cm³/mol. The third-order valence-electron chi connectivity index (χ3n) is 3.94. The molecule has 116 valence electrons. The Bertz CT molecular complexity index is 931. The average molecular weight is 339 g/mol. The average Bonchev–Trinajstić information content (AvgIpc) is 3.26. The van der Waals surface area contributed by atoms with E-state index in [-0.39, 0.29) is 0 Å². The Morgan fingerprint density at radius 2 is 1.96 bits per heavy atom. The van der Waals surface area contributed by atoms with E-state index in [1.807, 2.05) is 0 Å². The van der Waals surface area contributed by atoms with E-state index in [0.717, 1.165) is 22.6 Å². The van der Waals surface area contributed by atoms with Crippen molar-refractivity contribution in [3.8, 4) is 21.8 Å². The lowest BCUT2D eigenvalue weighted by molar-refractivity contribution is 0.914.